The van der Waals surface area contributed by atoms with Crippen LogP contribution >= 0.6 is 0 Å². The molecule has 1 rings (SSSR count). The van der Waals surface area contributed by atoms with Gasteiger partial charge in [-0.1, -0.05) is 18.2 Å². The first-order chi connectivity index (χ1) is 10.6. The quantitative estimate of drug-likeness (QED) is 0.749. The predicted molar refractivity (Wildman–Crippen MR) is 81.2 cm³/mol. The summed E-state index contributed by atoms with van der Waals surface area (Å²) in [7, 11) is 0. The van der Waals surface area contributed by atoms with Crippen LogP contribution in [0.4, 0.5) is 13.6 Å². The summed E-state index contributed by atoms with van der Waals surface area (Å²) in [5, 5.41) is 22.4. The Balaban J connectivity index is 2.50. The number of halogens is 2. The lowest BCUT2D eigenvalue weighted by Gasteiger charge is -2.21. The molecule has 0 heterocycles. The molecule has 0 bridgehead atoms. The summed E-state index contributed by atoms with van der Waals surface area (Å²) in [6.45, 7) is 5.26. The summed E-state index contributed by atoms with van der Waals surface area (Å²) >= 11 is 0. The van der Waals surface area contributed by atoms with E-state index in [9.17, 15) is 23.8 Å². The van der Waals surface area contributed by atoms with Crippen LogP contribution in [0.15, 0.2) is 24.3 Å². The third kappa shape index (κ3) is 6.92. The number of aliphatic hydroxyl groups is 2. The Morgan fingerprint density at radius 3 is 2.43 bits per heavy atom. The van der Waals surface area contributed by atoms with Crippen molar-refractivity contribution in [1.29, 1.82) is 0 Å². The summed E-state index contributed by atoms with van der Waals surface area (Å²) in [4.78, 5) is 11.4. The lowest BCUT2D eigenvalue weighted by atomic mass is 10.0. The minimum atomic E-state index is -2.65. The van der Waals surface area contributed by atoms with Gasteiger partial charge in [-0.25, -0.2) is 13.6 Å². The molecule has 0 aliphatic rings. The average Bonchev–Trinajstić information content (AvgIpc) is 2.44. The van der Waals surface area contributed by atoms with Crippen molar-refractivity contribution < 1.29 is 28.5 Å². The molecule has 1 aromatic carbocycles. The average molecular weight is 331 g/mol. The topological polar surface area (TPSA) is 78.8 Å². The molecule has 0 aliphatic carbocycles. The molecule has 2 unspecified atom stereocenters. The highest BCUT2D eigenvalue weighted by Gasteiger charge is 2.21. The van der Waals surface area contributed by atoms with Gasteiger partial charge in [-0.2, -0.15) is 0 Å². The van der Waals surface area contributed by atoms with E-state index >= 15 is 0 Å². The zero-order valence-electron chi connectivity index (χ0n) is 13.4. The van der Waals surface area contributed by atoms with Gasteiger partial charge in [-0.05, 0) is 38.8 Å². The van der Waals surface area contributed by atoms with E-state index in [1.54, 1.807) is 20.8 Å². The molecule has 0 radical (unpaired) electrons. The van der Waals surface area contributed by atoms with E-state index in [-0.39, 0.29) is 24.1 Å². The van der Waals surface area contributed by atoms with Crippen LogP contribution in [-0.2, 0) is 4.74 Å². The van der Waals surface area contributed by atoms with Gasteiger partial charge >= 0.3 is 6.09 Å². The zero-order valence-corrected chi connectivity index (χ0v) is 13.4. The van der Waals surface area contributed by atoms with Crippen molar-refractivity contribution in [2.24, 2.45) is 0 Å². The standard InChI is InChI=1S/C16H23F2NO4/c1-16(2,3)23-15(22)19-8-7-12(20)13(21)10-5-4-6-11(9-10)14(17)18/h4-6,9,12-14,20-21H,7-8H2,1-3H3,(H,19,22). The minimum Gasteiger partial charge on any atom is -0.444 e. The van der Waals surface area contributed by atoms with Crippen molar-refractivity contribution in [3.63, 3.8) is 0 Å². The Morgan fingerprint density at radius 2 is 1.87 bits per heavy atom. The number of carbonyl (C=O) groups is 1. The zero-order chi connectivity index (χ0) is 17.6. The molecule has 0 fully saturated rings. The van der Waals surface area contributed by atoms with E-state index in [1.807, 2.05) is 0 Å². The van der Waals surface area contributed by atoms with Gasteiger partial charge in [0.2, 0.25) is 0 Å². The molecule has 3 N–H and O–H groups in total. The Hall–Kier alpha value is -1.73. The van der Waals surface area contributed by atoms with E-state index in [2.05, 4.69) is 5.32 Å². The van der Waals surface area contributed by atoms with Crippen LogP contribution in [-0.4, -0.2) is 34.6 Å². The summed E-state index contributed by atoms with van der Waals surface area (Å²) < 4.78 is 30.3. The largest absolute Gasteiger partial charge is 0.444 e. The predicted octanol–water partition coefficient (Wildman–Crippen LogP) is 2.93. The molecule has 0 saturated heterocycles. The highest BCUT2D eigenvalue weighted by molar-refractivity contribution is 5.67. The van der Waals surface area contributed by atoms with Gasteiger partial charge in [0.05, 0.1) is 6.10 Å². The van der Waals surface area contributed by atoms with E-state index < -0.39 is 30.3 Å². The van der Waals surface area contributed by atoms with Crippen LogP contribution in [0.5, 0.6) is 0 Å². The van der Waals surface area contributed by atoms with Gasteiger partial charge in [0, 0.05) is 12.1 Å². The van der Waals surface area contributed by atoms with Gasteiger partial charge < -0.3 is 20.3 Å². The Morgan fingerprint density at radius 1 is 1.26 bits per heavy atom. The number of hydrogen-bond donors (Lipinski definition) is 3. The van der Waals surface area contributed by atoms with E-state index in [1.165, 1.54) is 18.2 Å². The molecule has 130 valence electrons. The lowest BCUT2D eigenvalue weighted by molar-refractivity contribution is 0.0121. The van der Waals surface area contributed by atoms with Crippen LogP contribution in [0.25, 0.3) is 0 Å². The number of alkyl carbamates (subject to hydrolysis) is 1. The summed E-state index contributed by atoms with van der Waals surface area (Å²) in [6.07, 6.45) is -5.72. The van der Waals surface area contributed by atoms with Crippen molar-refractivity contribution in [2.75, 3.05) is 6.54 Å². The number of carbonyl (C=O) groups excluding carboxylic acids is 1. The fourth-order valence-corrected chi connectivity index (χ4v) is 1.90. The molecular formula is C16H23F2NO4. The fourth-order valence-electron chi connectivity index (χ4n) is 1.90. The van der Waals surface area contributed by atoms with Gasteiger partial charge in [-0.3, -0.25) is 0 Å². The molecular weight excluding hydrogens is 308 g/mol. The molecule has 0 spiro atoms. The number of benzene rings is 1. The van der Waals surface area contributed by atoms with Gasteiger partial charge in [-0.15, -0.1) is 0 Å². The number of hydrogen-bond acceptors (Lipinski definition) is 4. The van der Waals surface area contributed by atoms with Gasteiger partial charge in [0.25, 0.3) is 6.43 Å². The molecule has 1 amide bonds. The Labute approximate surface area is 134 Å². The number of alkyl halides is 2. The van der Waals surface area contributed by atoms with Gasteiger partial charge in [0.15, 0.2) is 0 Å². The summed E-state index contributed by atoms with van der Waals surface area (Å²) in [6, 6.07) is 5.25. The molecule has 23 heavy (non-hydrogen) atoms. The van der Waals surface area contributed by atoms with E-state index in [4.69, 9.17) is 4.74 Å². The highest BCUT2D eigenvalue weighted by Crippen LogP contribution is 2.24. The molecule has 1 aromatic rings. The van der Waals surface area contributed by atoms with E-state index in [0.717, 1.165) is 6.07 Å². The second-order valence-corrected chi connectivity index (χ2v) is 6.20. The lowest BCUT2D eigenvalue weighted by Crippen LogP contribution is -2.34. The maximum Gasteiger partial charge on any atom is 0.407 e. The fraction of sp³-hybridized carbons (Fsp3) is 0.562. The van der Waals surface area contributed by atoms with Crippen LogP contribution < -0.4 is 5.32 Å². The van der Waals surface area contributed by atoms with Crippen LogP contribution in [0, 0.1) is 0 Å². The van der Waals surface area contributed by atoms with Crippen molar-refractivity contribution >= 4 is 6.09 Å². The number of rotatable bonds is 6. The van der Waals surface area contributed by atoms with Crippen molar-refractivity contribution in [3.05, 3.63) is 35.4 Å². The highest BCUT2D eigenvalue weighted by atomic mass is 19.3. The Kier molecular flexibility index (Phi) is 6.90. The third-order valence-electron chi connectivity index (χ3n) is 2.98. The number of ether oxygens (including phenoxy) is 1. The first-order valence-corrected chi connectivity index (χ1v) is 7.31. The molecule has 0 saturated carbocycles. The number of aliphatic hydroxyl groups excluding tert-OH is 2. The minimum absolute atomic E-state index is 0.0549. The first-order valence-electron chi connectivity index (χ1n) is 7.31. The molecule has 0 aromatic heterocycles. The Bertz CT molecular complexity index is 517. The smallest absolute Gasteiger partial charge is 0.407 e. The third-order valence-corrected chi connectivity index (χ3v) is 2.98. The van der Waals surface area contributed by atoms with Crippen molar-refractivity contribution in [3.8, 4) is 0 Å². The van der Waals surface area contributed by atoms with Crippen molar-refractivity contribution in [2.45, 2.75) is 51.4 Å². The van der Waals surface area contributed by atoms with E-state index in [0.29, 0.717) is 0 Å². The molecule has 5 nitrogen and oxygen atoms in total. The monoisotopic (exact) mass is 331 g/mol. The normalized spacial score (nSPS) is 14.4. The van der Waals surface area contributed by atoms with Crippen LogP contribution in [0.3, 0.4) is 0 Å². The van der Waals surface area contributed by atoms with Crippen LogP contribution in [0.2, 0.25) is 0 Å². The molecule has 0 aliphatic heterocycles. The number of amides is 1. The maximum absolute atomic E-state index is 12.6. The molecule has 2 atom stereocenters. The first kappa shape index (κ1) is 19.3. The van der Waals surface area contributed by atoms with Crippen molar-refractivity contribution in [1.82, 2.24) is 5.32 Å². The van der Waals surface area contributed by atoms with Gasteiger partial charge in [0.1, 0.15) is 11.7 Å². The molecule has 7 heteroatoms. The second kappa shape index (κ2) is 8.21. The maximum atomic E-state index is 12.6. The SMILES string of the molecule is CC(C)(C)OC(=O)NCCC(O)C(O)c1cccc(C(F)F)c1. The second-order valence-electron chi connectivity index (χ2n) is 6.20. The van der Waals surface area contributed by atoms with Crippen LogP contribution in [0.1, 0.15) is 50.8 Å². The number of nitrogens with one attached hydrogen (secondary N) is 1. The summed E-state index contributed by atoms with van der Waals surface area (Å²) in [5.41, 5.74) is -0.647. The summed E-state index contributed by atoms with van der Waals surface area (Å²) in [5.74, 6) is 0.